The Kier molecular flexibility index (Phi) is 8.57. The van der Waals surface area contributed by atoms with E-state index in [0.717, 1.165) is 34.6 Å². The summed E-state index contributed by atoms with van der Waals surface area (Å²) in [6.07, 6.45) is 6.05. The van der Waals surface area contributed by atoms with Gasteiger partial charge in [0.05, 0.1) is 36.7 Å². The van der Waals surface area contributed by atoms with Crippen molar-refractivity contribution in [3.63, 3.8) is 0 Å². The van der Waals surface area contributed by atoms with E-state index >= 15 is 0 Å². The Hall–Kier alpha value is -4.12. The zero-order valence-electron chi connectivity index (χ0n) is 21.7. The Morgan fingerprint density at radius 1 is 0.622 bits per heavy atom. The van der Waals surface area contributed by atoms with Crippen LogP contribution in [0.25, 0.3) is 28.2 Å². The molecule has 5 heteroatoms. The lowest BCUT2D eigenvalue weighted by Crippen LogP contribution is -2.03. The Labute approximate surface area is 218 Å². The molecule has 0 fully saturated rings. The SMILES string of the molecule is CCCCCCc1ccc(-n2c(-c3ccc(C(=O)OC)cc3)ccc2-c2ccc(C(=O)OC)cc2)cc1. The molecule has 5 nitrogen and oxygen atoms in total. The second-order valence-corrected chi connectivity index (χ2v) is 9.05. The van der Waals surface area contributed by atoms with Crippen molar-refractivity contribution in [2.45, 2.75) is 39.0 Å². The molecule has 0 bridgehead atoms. The first-order chi connectivity index (χ1) is 18.0. The predicted molar refractivity (Wildman–Crippen MR) is 147 cm³/mol. The molecule has 1 heterocycles. The number of ether oxygens (including phenoxy) is 2. The molecule has 1 aromatic heterocycles. The van der Waals surface area contributed by atoms with Gasteiger partial charge in [0.15, 0.2) is 0 Å². The number of carbonyl (C=O) groups excluding carboxylic acids is 2. The second kappa shape index (κ2) is 12.2. The monoisotopic (exact) mass is 495 g/mol. The summed E-state index contributed by atoms with van der Waals surface area (Å²) in [5.74, 6) is -0.717. The van der Waals surface area contributed by atoms with E-state index < -0.39 is 0 Å². The number of unbranched alkanes of at least 4 members (excludes halogenated alkanes) is 3. The fraction of sp³-hybridized carbons (Fsp3) is 0.250. The summed E-state index contributed by atoms with van der Waals surface area (Å²) in [5, 5.41) is 0. The van der Waals surface area contributed by atoms with Crippen molar-refractivity contribution in [1.29, 1.82) is 0 Å². The number of hydrogen-bond acceptors (Lipinski definition) is 4. The minimum atomic E-state index is -0.358. The van der Waals surface area contributed by atoms with Gasteiger partial charge in [-0.1, -0.05) is 62.6 Å². The van der Waals surface area contributed by atoms with E-state index in [9.17, 15) is 9.59 Å². The smallest absolute Gasteiger partial charge is 0.337 e. The van der Waals surface area contributed by atoms with Gasteiger partial charge >= 0.3 is 11.9 Å². The van der Waals surface area contributed by atoms with Crippen LogP contribution in [0.2, 0.25) is 0 Å². The van der Waals surface area contributed by atoms with Gasteiger partial charge in [0.1, 0.15) is 0 Å². The van der Waals surface area contributed by atoms with Crippen molar-refractivity contribution >= 4 is 11.9 Å². The second-order valence-electron chi connectivity index (χ2n) is 9.05. The highest BCUT2D eigenvalue weighted by Crippen LogP contribution is 2.33. The van der Waals surface area contributed by atoms with E-state index in [-0.39, 0.29) is 11.9 Å². The first kappa shape index (κ1) is 26.0. The molecule has 0 saturated carbocycles. The predicted octanol–water partition coefficient (Wildman–Crippen LogP) is 7.51. The fourth-order valence-electron chi connectivity index (χ4n) is 4.52. The van der Waals surface area contributed by atoms with Crippen LogP contribution < -0.4 is 0 Å². The van der Waals surface area contributed by atoms with Crippen LogP contribution in [0.3, 0.4) is 0 Å². The van der Waals surface area contributed by atoms with Gasteiger partial charge in [-0.2, -0.15) is 0 Å². The molecule has 4 rings (SSSR count). The molecule has 0 radical (unpaired) electrons. The van der Waals surface area contributed by atoms with E-state index in [1.165, 1.54) is 45.5 Å². The largest absolute Gasteiger partial charge is 0.465 e. The number of aromatic nitrogens is 1. The van der Waals surface area contributed by atoms with Gasteiger partial charge in [0, 0.05) is 5.69 Å². The molecular weight excluding hydrogens is 462 g/mol. The lowest BCUT2D eigenvalue weighted by Gasteiger charge is -2.15. The van der Waals surface area contributed by atoms with Crippen LogP contribution in [0.5, 0.6) is 0 Å². The van der Waals surface area contributed by atoms with E-state index in [0.29, 0.717) is 11.1 Å². The standard InChI is InChI=1S/C32H33NO4/c1-4-5-6-7-8-23-9-19-28(20-10-23)33-29(24-11-15-26(16-12-24)31(34)36-2)21-22-30(33)25-13-17-27(18-14-25)32(35)37-3/h9-22H,4-8H2,1-3H3. The minimum Gasteiger partial charge on any atom is -0.465 e. The number of benzene rings is 3. The van der Waals surface area contributed by atoms with Gasteiger partial charge in [-0.25, -0.2) is 9.59 Å². The van der Waals surface area contributed by atoms with E-state index in [1.54, 1.807) is 24.3 Å². The van der Waals surface area contributed by atoms with E-state index in [1.807, 2.05) is 24.3 Å². The number of rotatable bonds is 10. The fourth-order valence-corrected chi connectivity index (χ4v) is 4.52. The molecule has 0 aliphatic carbocycles. The summed E-state index contributed by atoms with van der Waals surface area (Å²) < 4.78 is 11.9. The van der Waals surface area contributed by atoms with Gasteiger partial charge < -0.3 is 14.0 Å². The third kappa shape index (κ3) is 6.00. The maximum Gasteiger partial charge on any atom is 0.337 e. The third-order valence-electron chi connectivity index (χ3n) is 6.60. The maximum atomic E-state index is 11.9. The van der Waals surface area contributed by atoms with Crippen LogP contribution in [0.4, 0.5) is 0 Å². The lowest BCUT2D eigenvalue weighted by molar-refractivity contribution is 0.0592. The molecule has 0 aliphatic heterocycles. The molecule has 0 unspecified atom stereocenters. The number of methoxy groups -OCH3 is 2. The van der Waals surface area contributed by atoms with Gasteiger partial charge in [-0.15, -0.1) is 0 Å². The van der Waals surface area contributed by atoms with Gasteiger partial charge in [-0.05, 0) is 78.1 Å². The summed E-state index contributed by atoms with van der Waals surface area (Å²) in [7, 11) is 2.76. The van der Waals surface area contributed by atoms with E-state index in [2.05, 4.69) is 47.9 Å². The van der Waals surface area contributed by atoms with Crippen LogP contribution in [-0.4, -0.2) is 30.7 Å². The summed E-state index contributed by atoms with van der Waals surface area (Å²) in [4.78, 5) is 23.8. The van der Waals surface area contributed by atoms with Crippen LogP contribution in [-0.2, 0) is 15.9 Å². The van der Waals surface area contributed by atoms with Gasteiger partial charge in [0.2, 0.25) is 0 Å². The topological polar surface area (TPSA) is 57.5 Å². The molecule has 37 heavy (non-hydrogen) atoms. The molecular formula is C32H33NO4. The van der Waals surface area contributed by atoms with Crippen LogP contribution in [0, 0.1) is 0 Å². The minimum absolute atomic E-state index is 0.358. The Balaban J connectivity index is 1.73. The molecule has 0 saturated heterocycles. The van der Waals surface area contributed by atoms with Gasteiger partial charge in [-0.3, -0.25) is 0 Å². The zero-order valence-corrected chi connectivity index (χ0v) is 21.7. The van der Waals surface area contributed by atoms with Crippen LogP contribution in [0.1, 0.15) is 58.9 Å². The van der Waals surface area contributed by atoms with Crippen molar-refractivity contribution in [3.8, 4) is 28.2 Å². The highest BCUT2D eigenvalue weighted by atomic mass is 16.5. The lowest BCUT2D eigenvalue weighted by atomic mass is 10.1. The Bertz CT molecular complexity index is 1260. The molecule has 0 spiro atoms. The number of carbonyl (C=O) groups is 2. The van der Waals surface area contributed by atoms with Crippen molar-refractivity contribution < 1.29 is 19.1 Å². The highest BCUT2D eigenvalue weighted by molar-refractivity contribution is 5.91. The average Bonchev–Trinajstić information content (AvgIpc) is 3.40. The van der Waals surface area contributed by atoms with Crippen molar-refractivity contribution in [2.24, 2.45) is 0 Å². The summed E-state index contributed by atoms with van der Waals surface area (Å²) in [6.45, 7) is 2.23. The van der Waals surface area contributed by atoms with E-state index in [4.69, 9.17) is 9.47 Å². The molecule has 3 aromatic carbocycles. The molecule has 4 aromatic rings. The summed E-state index contributed by atoms with van der Waals surface area (Å²) in [5.41, 5.74) is 7.35. The number of hydrogen-bond donors (Lipinski definition) is 0. The summed E-state index contributed by atoms with van der Waals surface area (Å²) in [6, 6.07) is 27.7. The van der Waals surface area contributed by atoms with Crippen LogP contribution >= 0.6 is 0 Å². The number of aryl methyl sites for hydroxylation is 1. The van der Waals surface area contributed by atoms with Crippen molar-refractivity contribution in [3.05, 3.63) is 102 Å². The molecule has 0 N–H and O–H groups in total. The third-order valence-corrected chi connectivity index (χ3v) is 6.60. The first-order valence-corrected chi connectivity index (χ1v) is 12.7. The van der Waals surface area contributed by atoms with Crippen molar-refractivity contribution in [1.82, 2.24) is 4.57 Å². The molecule has 0 aliphatic rings. The Morgan fingerprint density at radius 2 is 1.11 bits per heavy atom. The maximum absolute atomic E-state index is 11.9. The number of nitrogens with zero attached hydrogens (tertiary/aromatic N) is 1. The highest BCUT2D eigenvalue weighted by Gasteiger charge is 2.15. The summed E-state index contributed by atoms with van der Waals surface area (Å²) >= 11 is 0. The first-order valence-electron chi connectivity index (χ1n) is 12.7. The number of esters is 2. The van der Waals surface area contributed by atoms with Gasteiger partial charge in [0.25, 0.3) is 0 Å². The average molecular weight is 496 g/mol. The van der Waals surface area contributed by atoms with Crippen LogP contribution in [0.15, 0.2) is 84.9 Å². The molecule has 190 valence electrons. The molecule has 0 amide bonds. The molecule has 0 atom stereocenters. The van der Waals surface area contributed by atoms with Crippen molar-refractivity contribution in [2.75, 3.05) is 14.2 Å². The Morgan fingerprint density at radius 3 is 1.54 bits per heavy atom. The zero-order chi connectivity index (χ0) is 26.2. The normalized spacial score (nSPS) is 10.8. The quantitative estimate of drug-likeness (QED) is 0.169.